The van der Waals surface area contributed by atoms with Crippen molar-refractivity contribution in [3.63, 3.8) is 0 Å². The number of aromatic nitrogens is 1. The lowest BCUT2D eigenvalue weighted by molar-refractivity contribution is 0.0594. The van der Waals surface area contributed by atoms with Crippen LogP contribution in [0, 0.1) is 6.92 Å². The average molecular weight is 274 g/mol. The average Bonchev–Trinajstić information content (AvgIpc) is 2.69. The summed E-state index contributed by atoms with van der Waals surface area (Å²) in [4.78, 5) is 16.5. The largest absolute Gasteiger partial charge is 0.464 e. The van der Waals surface area contributed by atoms with E-state index < -0.39 is 0 Å². The fourth-order valence-corrected chi connectivity index (χ4v) is 2.44. The first-order valence-electron chi connectivity index (χ1n) is 5.41. The number of rotatable bonds is 6. The lowest BCUT2D eigenvalue weighted by Gasteiger charge is -2.07. The summed E-state index contributed by atoms with van der Waals surface area (Å²) in [5, 5.41) is 4.65. The van der Waals surface area contributed by atoms with Gasteiger partial charge in [-0.25, -0.2) is 9.78 Å². The van der Waals surface area contributed by atoms with Crippen LogP contribution in [0.4, 0.5) is 5.13 Å². The molecular weight excluding hydrogens is 256 g/mol. The third-order valence-electron chi connectivity index (χ3n) is 2.40. The van der Waals surface area contributed by atoms with E-state index in [9.17, 15) is 4.79 Å². The lowest BCUT2D eigenvalue weighted by Crippen LogP contribution is -2.08. The van der Waals surface area contributed by atoms with E-state index in [1.807, 2.05) is 18.7 Å². The van der Waals surface area contributed by atoms with E-state index in [4.69, 9.17) is 0 Å². The highest BCUT2D eigenvalue weighted by Crippen LogP contribution is 2.22. The number of thioether (sulfide) groups is 1. The molecule has 0 aliphatic rings. The standard InChI is InChI=1S/C11H18N2O2S2/c1-7(16-4)5-6-12-11-13-9(8(2)17-11)10(14)15-3/h7H,5-6H2,1-4H3,(H,12,13). The van der Waals surface area contributed by atoms with Crippen LogP contribution in [0.1, 0.15) is 28.7 Å². The minimum absolute atomic E-state index is 0.371. The van der Waals surface area contributed by atoms with Crippen molar-refractivity contribution in [2.24, 2.45) is 0 Å². The van der Waals surface area contributed by atoms with Crippen LogP contribution < -0.4 is 5.32 Å². The van der Waals surface area contributed by atoms with E-state index in [-0.39, 0.29) is 5.97 Å². The Morgan fingerprint density at radius 3 is 2.94 bits per heavy atom. The summed E-state index contributed by atoms with van der Waals surface area (Å²) in [6.07, 6.45) is 3.18. The number of anilines is 1. The quantitative estimate of drug-likeness (QED) is 0.808. The van der Waals surface area contributed by atoms with Crippen LogP contribution in [0.3, 0.4) is 0 Å². The topological polar surface area (TPSA) is 51.2 Å². The maximum absolute atomic E-state index is 11.4. The Labute approximate surface area is 110 Å². The van der Waals surface area contributed by atoms with Gasteiger partial charge in [0.1, 0.15) is 0 Å². The Morgan fingerprint density at radius 1 is 1.65 bits per heavy atom. The molecule has 0 bridgehead atoms. The number of thiazole rings is 1. The van der Waals surface area contributed by atoms with Gasteiger partial charge < -0.3 is 10.1 Å². The van der Waals surface area contributed by atoms with E-state index >= 15 is 0 Å². The van der Waals surface area contributed by atoms with Crippen molar-refractivity contribution < 1.29 is 9.53 Å². The van der Waals surface area contributed by atoms with Gasteiger partial charge >= 0.3 is 5.97 Å². The molecule has 1 rings (SSSR count). The second-order valence-electron chi connectivity index (χ2n) is 3.68. The number of nitrogens with zero attached hydrogens (tertiary/aromatic N) is 1. The fraction of sp³-hybridized carbons (Fsp3) is 0.636. The Kier molecular flexibility index (Phi) is 5.77. The second kappa shape index (κ2) is 6.86. The maximum Gasteiger partial charge on any atom is 0.357 e. The molecule has 0 spiro atoms. The molecule has 6 heteroatoms. The molecule has 0 saturated heterocycles. The first kappa shape index (κ1) is 14.3. The van der Waals surface area contributed by atoms with Crippen LogP contribution in [-0.4, -0.2) is 36.1 Å². The molecule has 0 aliphatic carbocycles. The molecule has 0 aliphatic heterocycles. The number of carbonyl (C=O) groups is 1. The van der Waals surface area contributed by atoms with Gasteiger partial charge in [-0.2, -0.15) is 11.8 Å². The number of methoxy groups -OCH3 is 1. The van der Waals surface area contributed by atoms with Crippen molar-refractivity contribution in [3.8, 4) is 0 Å². The SMILES string of the molecule is COC(=O)c1nc(NCCC(C)SC)sc1C. The molecule has 17 heavy (non-hydrogen) atoms. The Morgan fingerprint density at radius 2 is 2.35 bits per heavy atom. The van der Waals surface area contributed by atoms with Crippen LogP contribution in [0.5, 0.6) is 0 Å². The summed E-state index contributed by atoms with van der Waals surface area (Å²) in [6, 6.07) is 0. The van der Waals surface area contributed by atoms with Crippen LogP contribution in [-0.2, 0) is 4.74 Å². The highest BCUT2D eigenvalue weighted by Gasteiger charge is 2.15. The van der Waals surface area contributed by atoms with E-state index in [1.165, 1.54) is 18.4 Å². The van der Waals surface area contributed by atoms with Gasteiger partial charge in [0.15, 0.2) is 10.8 Å². The lowest BCUT2D eigenvalue weighted by atomic mass is 10.3. The van der Waals surface area contributed by atoms with Crippen molar-refractivity contribution in [2.75, 3.05) is 25.2 Å². The normalized spacial score (nSPS) is 12.2. The summed E-state index contributed by atoms with van der Waals surface area (Å²) in [7, 11) is 1.37. The predicted molar refractivity (Wildman–Crippen MR) is 74.3 cm³/mol. The maximum atomic E-state index is 11.4. The molecule has 0 fully saturated rings. The van der Waals surface area contributed by atoms with Gasteiger partial charge in [0.2, 0.25) is 0 Å². The predicted octanol–water partition coefficient (Wildman–Crippen LogP) is 2.79. The summed E-state index contributed by atoms with van der Waals surface area (Å²) in [6.45, 7) is 4.94. The fourth-order valence-electron chi connectivity index (χ4n) is 1.26. The molecule has 1 unspecified atom stereocenters. The third kappa shape index (κ3) is 4.20. The van der Waals surface area contributed by atoms with E-state index in [2.05, 4.69) is 28.2 Å². The number of aryl methyl sites for hydroxylation is 1. The number of esters is 1. The molecule has 1 aromatic rings. The zero-order valence-corrected chi connectivity index (χ0v) is 12.2. The third-order valence-corrected chi connectivity index (χ3v) is 4.37. The van der Waals surface area contributed by atoms with Gasteiger partial charge in [-0.05, 0) is 19.6 Å². The molecule has 1 atom stereocenters. The molecule has 4 nitrogen and oxygen atoms in total. The zero-order valence-electron chi connectivity index (χ0n) is 10.6. The highest BCUT2D eigenvalue weighted by atomic mass is 32.2. The summed E-state index contributed by atoms with van der Waals surface area (Å²) in [5.74, 6) is -0.371. The Balaban J connectivity index is 2.53. The molecular formula is C11H18N2O2S2. The van der Waals surface area contributed by atoms with Crippen molar-refractivity contribution in [2.45, 2.75) is 25.5 Å². The van der Waals surface area contributed by atoms with Crippen molar-refractivity contribution >= 4 is 34.2 Å². The van der Waals surface area contributed by atoms with Gasteiger partial charge in [0.25, 0.3) is 0 Å². The smallest absolute Gasteiger partial charge is 0.357 e. The summed E-state index contributed by atoms with van der Waals surface area (Å²) < 4.78 is 4.66. The Bertz CT molecular complexity index is 380. The first-order valence-corrected chi connectivity index (χ1v) is 7.51. The number of nitrogens with one attached hydrogen (secondary N) is 1. The molecule has 1 heterocycles. The number of hydrogen-bond acceptors (Lipinski definition) is 6. The zero-order chi connectivity index (χ0) is 12.8. The molecule has 96 valence electrons. The first-order chi connectivity index (χ1) is 8.08. The second-order valence-corrected chi connectivity index (χ2v) is 6.16. The molecule has 0 radical (unpaired) electrons. The highest BCUT2D eigenvalue weighted by molar-refractivity contribution is 7.99. The van der Waals surface area contributed by atoms with Gasteiger partial charge in [-0.1, -0.05) is 6.92 Å². The van der Waals surface area contributed by atoms with Gasteiger partial charge in [0, 0.05) is 16.7 Å². The van der Waals surface area contributed by atoms with Crippen LogP contribution in [0.15, 0.2) is 0 Å². The van der Waals surface area contributed by atoms with E-state index in [0.717, 1.165) is 23.0 Å². The van der Waals surface area contributed by atoms with Gasteiger partial charge in [0.05, 0.1) is 7.11 Å². The number of hydrogen-bond donors (Lipinski definition) is 1. The Hall–Kier alpha value is -0.750. The van der Waals surface area contributed by atoms with E-state index in [0.29, 0.717) is 10.9 Å². The van der Waals surface area contributed by atoms with Gasteiger partial charge in [-0.3, -0.25) is 0 Å². The molecule has 0 aromatic carbocycles. The van der Waals surface area contributed by atoms with Crippen molar-refractivity contribution in [1.82, 2.24) is 4.98 Å². The molecule has 1 N–H and O–H groups in total. The molecule has 0 saturated carbocycles. The molecule has 1 aromatic heterocycles. The monoisotopic (exact) mass is 274 g/mol. The van der Waals surface area contributed by atoms with Gasteiger partial charge in [-0.15, -0.1) is 11.3 Å². The number of carbonyl (C=O) groups excluding carboxylic acids is 1. The molecule has 0 amide bonds. The summed E-state index contributed by atoms with van der Waals surface area (Å²) in [5.41, 5.74) is 0.415. The summed E-state index contributed by atoms with van der Waals surface area (Å²) >= 11 is 3.33. The minimum Gasteiger partial charge on any atom is -0.464 e. The van der Waals surface area contributed by atoms with Crippen molar-refractivity contribution in [3.05, 3.63) is 10.6 Å². The van der Waals surface area contributed by atoms with E-state index in [1.54, 1.807) is 0 Å². The van der Waals surface area contributed by atoms with Crippen molar-refractivity contribution in [1.29, 1.82) is 0 Å². The minimum atomic E-state index is -0.371. The van der Waals surface area contributed by atoms with Crippen LogP contribution in [0.2, 0.25) is 0 Å². The number of ether oxygens (including phenoxy) is 1. The van der Waals surface area contributed by atoms with Crippen LogP contribution >= 0.6 is 23.1 Å². The van der Waals surface area contributed by atoms with Crippen LogP contribution in [0.25, 0.3) is 0 Å².